The molecule has 0 radical (unpaired) electrons. The van der Waals surface area contributed by atoms with E-state index in [1.54, 1.807) is 48.5 Å². The van der Waals surface area contributed by atoms with E-state index in [0.29, 0.717) is 22.9 Å². The molecule has 4 amide bonds. The molecule has 4 rings (SSSR count). The van der Waals surface area contributed by atoms with Crippen molar-refractivity contribution in [1.29, 1.82) is 0 Å². The molecule has 2 aliphatic rings. The van der Waals surface area contributed by atoms with Gasteiger partial charge in [0.2, 0.25) is 11.8 Å². The van der Waals surface area contributed by atoms with Crippen LogP contribution in [-0.4, -0.2) is 69.4 Å². The highest BCUT2D eigenvalue weighted by atomic mass is 32.2. The third kappa shape index (κ3) is 6.99. The van der Waals surface area contributed by atoms with Crippen molar-refractivity contribution in [2.45, 2.75) is 12.8 Å². The molecule has 0 atom stereocenters. The average molecular weight is 617 g/mol. The SMILES string of the molecule is COc1cccc(NC(=O)CCN2C(=O)C(=C3SC(=S)N(CCC(=O)Nc4cccc(OC)c4)C3=O)SC2=S)c1. The highest BCUT2D eigenvalue weighted by Crippen LogP contribution is 2.42. The molecule has 2 saturated heterocycles. The summed E-state index contributed by atoms with van der Waals surface area (Å²) in [6.45, 7) is 0.101. The highest BCUT2D eigenvalue weighted by Gasteiger charge is 2.42. The van der Waals surface area contributed by atoms with Crippen LogP contribution in [0.5, 0.6) is 11.5 Å². The maximum Gasteiger partial charge on any atom is 0.267 e. The van der Waals surface area contributed by atoms with E-state index in [9.17, 15) is 19.2 Å². The zero-order valence-corrected chi connectivity index (χ0v) is 24.7. The van der Waals surface area contributed by atoms with Crippen LogP contribution in [-0.2, 0) is 19.2 Å². The number of hydrogen-bond donors (Lipinski definition) is 2. The van der Waals surface area contributed by atoms with Gasteiger partial charge in [-0.1, -0.05) is 60.1 Å². The first kappa shape index (κ1) is 29.5. The quantitative estimate of drug-likeness (QED) is 0.300. The van der Waals surface area contributed by atoms with Crippen molar-refractivity contribution in [3.63, 3.8) is 0 Å². The van der Waals surface area contributed by atoms with Crippen molar-refractivity contribution >= 4 is 91.6 Å². The van der Waals surface area contributed by atoms with Crippen LogP contribution in [0.25, 0.3) is 0 Å². The summed E-state index contributed by atoms with van der Waals surface area (Å²) in [5.41, 5.74) is 1.13. The van der Waals surface area contributed by atoms with E-state index in [1.807, 2.05) is 0 Å². The van der Waals surface area contributed by atoms with Gasteiger partial charge in [0.1, 0.15) is 20.1 Å². The van der Waals surface area contributed by atoms with Gasteiger partial charge in [0.25, 0.3) is 11.8 Å². The number of nitrogens with one attached hydrogen (secondary N) is 2. The third-order valence-corrected chi connectivity index (χ3v) is 8.76. The molecule has 14 heteroatoms. The monoisotopic (exact) mass is 616 g/mol. The fourth-order valence-corrected chi connectivity index (χ4v) is 6.50. The molecule has 0 saturated carbocycles. The minimum atomic E-state index is -0.458. The fourth-order valence-electron chi connectivity index (χ4n) is 3.73. The van der Waals surface area contributed by atoms with Crippen molar-refractivity contribution in [1.82, 2.24) is 9.80 Å². The van der Waals surface area contributed by atoms with E-state index in [0.717, 1.165) is 23.5 Å². The zero-order valence-electron chi connectivity index (χ0n) is 21.4. The molecule has 2 aromatic carbocycles. The normalized spacial score (nSPS) is 16.9. The van der Waals surface area contributed by atoms with Crippen LogP contribution in [0, 0.1) is 0 Å². The maximum absolute atomic E-state index is 13.1. The number of carbonyl (C=O) groups excluding carboxylic acids is 4. The van der Waals surface area contributed by atoms with Gasteiger partial charge in [-0.15, -0.1) is 0 Å². The number of benzene rings is 2. The molecule has 0 aliphatic carbocycles. The second-order valence-corrected chi connectivity index (χ2v) is 11.7. The lowest BCUT2D eigenvalue weighted by atomic mass is 10.2. The van der Waals surface area contributed by atoms with Gasteiger partial charge in [0.15, 0.2) is 0 Å². The van der Waals surface area contributed by atoms with E-state index in [4.69, 9.17) is 33.9 Å². The molecule has 2 heterocycles. The van der Waals surface area contributed by atoms with Gasteiger partial charge < -0.3 is 20.1 Å². The molecule has 0 unspecified atom stereocenters. The first-order chi connectivity index (χ1) is 19.2. The maximum atomic E-state index is 13.1. The van der Waals surface area contributed by atoms with Crippen LogP contribution in [0.15, 0.2) is 58.3 Å². The average Bonchev–Trinajstić information content (AvgIpc) is 3.38. The van der Waals surface area contributed by atoms with Gasteiger partial charge in [-0.3, -0.25) is 29.0 Å². The molecule has 2 fully saturated rings. The molecule has 2 N–H and O–H groups in total. The summed E-state index contributed by atoms with van der Waals surface area (Å²) in [5, 5.41) is 5.52. The van der Waals surface area contributed by atoms with Gasteiger partial charge in [0.05, 0.1) is 24.0 Å². The van der Waals surface area contributed by atoms with Crippen molar-refractivity contribution in [3.05, 3.63) is 58.3 Å². The number of carbonyl (C=O) groups is 4. The standard InChI is InChI=1S/C26H24N4O6S4/c1-35-17-7-3-5-15(13-17)27-19(31)9-11-29-23(33)21(39-25(29)37)22-24(34)30(26(38)40-22)12-10-20(32)28-16-6-4-8-18(14-16)36-2/h3-8,13-14H,9-12H2,1-2H3,(H,27,31)(H,28,32). The Morgan fingerprint density at radius 3 is 1.52 bits per heavy atom. The molecule has 2 aliphatic heterocycles. The van der Waals surface area contributed by atoms with Crippen molar-refractivity contribution in [3.8, 4) is 11.5 Å². The Balaban J connectivity index is 1.34. The molecule has 10 nitrogen and oxygen atoms in total. The lowest BCUT2D eigenvalue weighted by Crippen LogP contribution is -2.33. The summed E-state index contributed by atoms with van der Waals surface area (Å²) in [4.78, 5) is 54.1. The Kier molecular flexibility index (Phi) is 9.79. The van der Waals surface area contributed by atoms with Gasteiger partial charge in [-0.2, -0.15) is 0 Å². The van der Waals surface area contributed by atoms with Crippen molar-refractivity contribution in [2.75, 3.05) is 37.9 Å². The number of nitrogens with zero attached hydrogens (tertiary/aromatic N) is 2. The van der Waals surface area contributed by atoms with Crippen LogP contribution < -0.4 is 20.1 Å². The van der Waals surface area contributed by atoms with Crippen molar-refractivity contribution < 1.29 is 28.7 Å². The molecular weight excluding hydrogens is 593 g/mol. The second kappa shape index (κ2) is 13.3. The number of thioether (sulfide) groups is 2. The summed E-state index contributed by atoms with van der Waals surface area (Å²) in [5.74, 6) is -0.323. The van der Waals surface area contributed by atoms with Crippen LogP contribution in [0.4, 0.5) is 11.4 Å². The summed E-state index contributed by atoms with van der Waals surface area (Å²) in [6, 6.07) is 13.8. The molecule has 2 aromatic rings. The molecule has 0 aromatic heterocycles. The van der Waals surface area contributed by atoms with E-state index < -0.39 is 11.8 Å². The Hall–Kier alpha value is -3.46. The summed E-state index contributed by atoms with van der Waals surface area (Å²) < 4.78 is 10.8. The number of ether oxygens (including phenoxy) is 2. The lowest BCUT2D eigenvalue weighted by Gasteiger charge is -2.15. The number of anilines is 2. The Morgan fingerprint density at radius 1 is 0.750 bits per heavy atom. The topological polar surface area (TPSA) is 117 Å². The van der Waals surface area contributed by atoms with Gasteiger partial charge in [-0.05, 0) is 24.3 Å². The lowest BCUT2D eigenvalue weighted by molar-refractivity contribution is -0.125. The number of amides is 4. The Morgan fingerprint density at radius 2 is 1.15 bits per heavy atom. The van der Waals surface area contributed by atoms with Crippen LogP contribution in [0.1, 0.15) is 12.8 Å². The summed E-state index contributed by atoms with van der Waals surface area (Å²) in [6.07, 6.45) is 0.000575. The fraction of sp³-hybridized carbons (Fsp3) is 0.231. The Labute approximate surface area is 249 Å². The minimum Gasteiger partial charge on any atom is -0.497 e. The van der Waals surface area contributed by atoms with Gasteiger partial charge >= 0.3 is 0 Å². The zero-order chi connectivity index (χ0) is 28.8. The predicted molar refractivity (Wildman–Crippen MR) is 163 cm³/mol. The number of methoxy groups -OCH3 is 2. The van der Waals surface area contributed by atoms with E-state index >= 15 is 0 Å². The number of rotatable bonds is 10. The first-order valence-electron chi connectivity index (χ1n) is 11.9. The van der Waals surface area contributed by atoms with Crippen molar-refractivity contribution in [2.24, 2.45) is 0 Å². The van der Waals surface area contributed by atoms with Crippen LogP contribution >= 0.6 is 48.0 Å². The van der Waals surface area contributed by atoms with E-state index in [1.165, 1.54) is 24.0 Å². The van der Waals surface area contributed by atoms with E-state index in [-0.39, 0.29) is 56.2 Å². The molecule has 0 bridgehead atoms. The summed E-state index contributed by atoms with van der Waals surface area (Å²) in [7, 11) is 3.06. The first-order valence-corrected chi connectivity index (χ1v) is 14.3. The van der Waals surface area contributed by atoms with Crippen LogP contribution in [0.2, 0.25) is 0 Å². The van der Waals surface area contributed by atoms with Crippen LogP contribution in [0.3, 0.4) is 0 Å². The van der Waals surface area contributed by atoms with Gasteiger partial charge in [0, 0.05) is 49.4 Å². The number of thiocarbonyl (C=S) groups is 2. The predicted octanol–water partition coefficient (Wildman–Crippen LogP) is 3.99. The largest absolute Gasteiger partial charge is 0.497 e. The smallest absolute Gasteiger partial charge is 0.267 e. The molecule has 208 valence electrons. The highest BCUT2D eigenvalue weighted by molar-refractivity contribution is 8.29. The van der Waals surface area contributed by atoms with Gasteiger partial charge in [-0.25, -0.2) is 0 Å². The van der Waals surface area contributed by atoms with E-state index in [2.05, 4.69) is 10.6 Å². The second-order valence-electron chi connectivity index (χ2n) is 8.37. The summed E-state index contributed by atoms with van der Waals surface area (Å²) >= 11 is 12.7. The number of hydrogen-bond acceptors (Lipinski definition) is 10. The molecule has 40 heavy (non-hydrogen) atoms. The minimum absolute atomic E-state index is 0.000287. The molecule has 0 spiro atoms. The third-order valence-electron chi connectivity index (χ3n) is 5.74. The molecular formula is C26H24N4O6S4. The Bertz CT molecular complexity index is 1320.